The Hall–Kier alpha value is -8.18. The lowest BCUT2D eigenvalue weighted by Gasteiger charge is -2.26. The van der Waals surface area contributed by atoms with Crippen molar-refractivity contribution >= 4 is 92.4 Å². The standard InChI is InChI=1S/C60H37NO2S/c1-3-12-38(13-4-1)39-22-29-44(30-23-39)61(46-33-26-41(27-34-46)47-18-11-19-50-49-16-8-10-21-56(49)64-60(47)50)45-31-24-40(25-32-45)43-28-35-48-52-37-55-58(51-17-7-9-20-53(51)62-55)57(42-14-5-2-6-15-42)59(52)63-54(48)36-43/h1-37H. The third-order valence-electron chi connectivity index (χ3n) is 12.7. The molecule has 0 amide bonds. The van der Waals surface area contributed by atoms with E-state index in [0.29, 0.717) is 0 Å². The van der Waals surface area contributed by atoms with Crippen LogP contribution in [-0.2, 0) is 0 Å². The van der Waals surface area contributed by atoms with Crippen LogP contribution in [-0.4, -0.2) is 0 Å². The van der Waals surface area contributed by atoms with Gasteiger partial charge in [-0.3, -0.25) is 0 Å². The molecule has 0 unspecified atom stereocenters. The Labute approximate surface area is 373 Å². The van der Waals surface area contributed by atoms with E-state index in [-0.39, 0.29) is 0 Å². The van der Waals surface area contributed by atoms with Crippen LogP contribution < -0.4 is 4.90 Å². The SMILES string of the molecule is c1ccc(-c2ccc(N(c3ccc(-c4ccc5c(c4)oc4c(-c6ccccc6)c6c(cc45)oc4ccccc46)cc3)c3ccc(-c4cccc5c4sc4ccccc45)cc3)cc2)cc1. The molecule has 3 aromatic heterocycles. The summed E-state index contributed by atoms with van der Waals surface area (Å²) >= 11 is 1.87. The number of nitrogens with zero attached hydrogens (tertiary/aromatic N) is 1. The van der Waals surface area contributed by atoms with Crippen molar-refractivity contribution in [2.75, 3.05) is 4.90 Å². The highest BCUT2D eigenvalue weighted by Crippen LogP contribution is 2.46. The van der Waals surface area contributed by atoms with E-state index in [2.05, 4.69) is 217 Å². The van der Waals surface area contributed by atoms with Crippen LogP contribution in [0.3, 0.4) is 0 Å². The molecular weight excluding hydrogens is 799 g/mol. The summed E-state index contributed by atoms with van der Waals surface area (Å²) in [5.41, 5.74) is 15.9. The first-order valence-electron chi connectivity index (χ1n) is 21.6. The zero-order chi connectivity index (χ0) is 42.1. The zero-order valence-corrected chi connectivity index (χ0v) is 35.4. The van der Waals surface area contributed by atoms with Crippen LogP contribution in [0.25, 0.3) is 109 Å². The first-order valence-corrected chi connectivity index (χ1v) is 22.5. The van der Waals surface area contributed by atoms with Gasteiger partial charge in [0.15, 0.2) is 0 Å². The number of furan rings is 2. The average Bonchev–Trinajstić information content (AvgIpc) is 4.05. The average molecular weight is 836 g/mol. The van der Waals surface area contributed by atoms with Crippen LogP contribution in [0.1, 0.15) is 0 Å². The van der Waals surface area contributed by atoms with E-state index in [9.17, 15) is 0 Å². The van der Waals surface area contributed by atoms with Crippen LogP contribution in [0.2, 0.25) is 0 Å². The predicted octanol–water partition coefficient (Wildman–Crippen LogP) is 18.0. The molecule has 0 radical (unpaired) electrons. The second kappa shape index (κ2) is 14.7. The molecule has 4 heteroatoms. The number of hydrogen-bond acceptors (Lipinski definition) is 4. The quantitative estimate of drug-likeness (QED) is 0.160. The highest BCUT2D eigenvalue weighted by molar-refractivity contribution is 7.26. The monoisotopic (exact) mass is 835 g/mol. The molecule has 64 heavy (non-hydrogen) atoms. The molecule has 0 fully saturated rings. The maximum atomic E-state index is 6.88. The molecule has 13 aromatic rings. The fourth-order valence-electron chi connectivity index (χ4n) is 9.62. The highest BCUT2D eigenvalue weighted by Gasteiger charge is 2.22. The van der Waals surface area contributed by atoms with Gasteiger partial charge in [0.25, 0.3) is 0 Å². The summed E-state index contributed by atoms with van der Waals surface area (Å²) in [5.74, 6) is 0. The molecule has 0 saturated carbocycles. The molecule has 3 nitrogen and oxygen atoms in total. The first-order chi connectivity index (χ1) is 31.7. The molecule has 0 saturated heterocycles. The Kier molecular flexibility index (Phi) is 8.40. The summed E-state index contributed by atoms with van der Waals surface area (Å²) in [5, 5.41) is 6.89. The molecule has 0 atom stereocenters. The van der Waals surface area contributed by atoms with Gasteiger partial charge in [-0.05, 0) is 106 Å². The van der Waals surface area contributed by atoms with Crippen LogP contribution in [0.15, 0.2) is 233 Å². The van der Waals surface area contributed by atoms with E-state index in [1.807, 2.05) is 23.5 Å². The van der Waals surface area contributed by atoms with Gasteiger partial charge in [-0.2, -0.15) is 0 Å². The second-order valence-corrected chi connectivity index (χ2v) is 17.5. The van der Waals surface area contributed by atoms with Crippen molar-refractivity contribution in [2.45, 2.75) is 0 Å². The van der Waals surface area contributed by atoms with E-state index in [4.69, 9.17) is 8.83 Å². The Morgan fingerprint density at radius 3 is 1.61 bits per heavy atom. The summed E-state index contributed by atoms with van der Waals surface area (Å²) in [6, 6.07) is 80.2. The van der Waals surface area contributed by atoms with Gasteiger partial charge in [-0.1, -0.05) is 158 Å². The number of fused-ring (bicyclic) bond motifs is 9. The molecule has 0 aliphatic rings. The Bertz CT molecular complexity index is 3860. The Morgan fingerprint density at radius 1 is 0.328 bits per heavy atom. The number of para-hydroxylation sites is 1. The topological polar surface area (TPSA) is 29.5 Å². The van der Waals surface area contributed by atoms with Crippen LogP contribution in [0.5, 0.6) is 0 Å². The number of thiophene rings is 1. The molecule has 0 bridgehead atoms. The van der Waals surface area contributed by atoms with Crippen molar-refractivity contribution in [1.82, 2.24) is 0 Å². The summed E-state index contributed by atoms with van der Waals surface area (Å²) in [4.78, 5) is 2.34. The highest BCUT2D eigenvalue weighted by atomic mass is 32.1. The lowest BCUT2D eigenvalue weighted by molar-refractivity contribution is 0.664. The summed E-state index contributed by atoms with van der Waals surface area (Å²) in [6.45, 7) is 0. The van der Waals surface area contributed by atoms with E-state index < -0.39 is 0 Å². The largest absolute Gasteiger partial charge is 0.456 e. The van der Waals surface area contributed by atoms with Crippen LogP contribution >= 0.6 is 11.3 Å². The van der Waals surface area contributed by atoms with Gasteiger partial charge < -0.3 is 13.7 Å². The van der Waals surface area contributed by atoms with Gasteiger partial charge in [0.1, 0.15) is 22.3 Å². The smallest absolute Gasteiger partial charge is 0.144 e. The number of anilines is 3. The third kappa shape index (κ3) is 5.95. The second-order valence-electron chi connectivity index (χ2n) is 16.4. The van der Waals surface area contributed by atoms with E-state index in [1.54, 1.807) is 0 Å². The van der Waals surface area contributed by atoms with Gasteiger partial charge in [-0.25, -0.2) is 0 Å². The molecular formula is C60H37NO2S. The lowest BCUT2D eigenvalue weighted by Crippen LogP contribution is -2.09. The first kappa shape index (κ1) is 36.5. The molecule has 0 aliphatic heterocycles. The minimum Gasteiger partial charge on any atom is -0.456 e. The maximum Gasteiger partial charge on any atom is 0.144 e. The molecule has 0 aliphatic carbocycles. The molecule has 0 spiro atoms. The normalized spacial score (nSPS) is 11.8. The van der Waals surface area contributed by atoms with E-state index in [1.165, 1.54) is 42.4 Å². The molecule has 300 valence electrons. The fraction of sp³-hybridized carbons (Fsp3) is 0. The van der Waals surface area contributed by atoms with E-state index >= 15 is 0 Å². The van der Waals surface area contributed by atoms with Crippen molar-refractivity contribution in [3.63, 3.8) is 0 Å². The zero-order valence-electron chi connectivity index (χ0n) is 34.5. The fourth-order valence-corrected chi connectivity index (χ4v) is 10.9. The summed E-state index contributed by atoms with van der Waals surface area (Å²) in [6.07, 6.45) is 0. The minimum absolute atomic E-state index is 0.845. The van der Waals surface area contributed by atoms with Crippen molar-refractivity contribution in [3.05, 3.63) is 224 Å². The number of benzene rings is 10. The Morgan fingerprint density at radius 2 is 0.891 bits per heavy atom. The predicted molar refractivity (Wildman–Crippen MR) is 270 cm³/mol. The third-order valence-corrected chi connectivity index (χ3v) is 13.9. The van der Waals surface area contributed by atoms with Crippen molar-refractivity contribution in [2.24, 2.45) is 0 Å². The van der Waals surface area contributed by atoms with Gasteiger partial charge in [-0.15, -0.1) is 11.3 Å². The minimum atomic E-state index is 0.845. The summed E-state index contributed by atoms with van der Waals surface area (Å²) in [7, 11) is 0. The van der Waals surface area contributed by atoms with E-state index in [0.717, 1.165) is 83.2 Å². The summed E-state index contributed by atoms with van der Waals surface area (Å²) < 4.78 is 16.0. The number of rotatable bonds is 7. The Balaban J connectivity index is 0.891. The van der Waals surface area contributed by atoms with Crippen molar-refractivity contribution < 1.29 is 8.83 Å². The maximum absolute atomic E-state index is 6.88. The molecule has 3 heterocycles. The van der Waals surface area contributed by atoms with Crippen molar-refractivity contribution in [3.8, 4) is 44.5 Å². The van der Waals surface area contributed by atoms with Gasteiger partial charge in [0.05, 0.1) is 0 Å². The molecule has 10 aromatic carbocycles. The van der Waals surface area contributed by atoms with Gasteiger partial charge >= 0.3 is 0 Å². The van der Waals surface area contributed by atoms with Crippen LogP contribution in [0.4, 0.5) is 17.1 Å². The van der Waals surface area contributed by atoms with Gasteiger partial charge in [0.2, 0.25) is 0 Å². The van der Waals surface area contributed by atoms with Gasteiger partial charge in [0, 0.05) is 64.3 Å². The molecule has 13 rings (SSSR count). The number of hydrogen-bond donors (Lipinski definition) is 0. The van der Waals surface area contributed by atoms with Crippen LogP contribution in [0, 0.1) is 0 Å². The molecule has 0 N–H and O–H groups in total. The lowest BCUT2D eigenvalue weighted by atomic mass is 9.96. The van der Waals surface area contributed by atoms with Crippen molar-refractivity contribution in [1.29, 1.82) is 0 Å².